The first kappa shape index (κ1) is 14.4. The summed E-state index contributed by atoms with van der Waals surface area (Å²) in [6, 6.07) is 7.22. The largest absolute Gasteiger partial charge is 0.310 e. The van der Waals surface area contributed by atoms with E-state index in [2.05, 4.69) is 12.2 Å². The summed E-state index contributed by atoms with van der Waals surface area (Å²) in [6.07, 6.45) is 4.13. The van der Waals surface area contributed by atoms with E-state index in [0.717, 1.165) is 12.1 Å². The average molecular weight is 267 g/mol. The van der Waals surface area contributed by atoms with Crippen molar-refractivity contribution in [2.45, 2.75) is 58.0 Å². The third kappa shape index (κ3) is 4.27. The Morgan fingerprint density at radius 1 is 1.11 bits per heavy atom. The fraction of sp³-hybridized carbons (Fsp3) is 0.625. The summed E-state index contributed by atoms with van der Waals surface area (Å²) in [6.45, 7) is 3.08. The zero-order valence-corrected chi connectivity index (χ0v) is 11.5. The Morgan fingerprint density at radius 2 is 1.79 bits per heavy atom. The minimum Gasteiger partial charge on any atom is -0.310 e. The number of hydrogen-bond donors (Lipinski definition) is 1. The highest BCUT2D eigenvalue weighted by Gasteiger charge is 2.19. The van der Waals surface area contributed by atoms with Crippen LogP contribution in [0.25, 0.3) is 0 Å². The number of alkyl halides is 2. The van der Waals surface area contributed by atoms with Crippen LogP contribution in [0.1, 0.15) is 56.6 Å². The van der Waals surface area contributed by atoms with Crippen molar-refractivity contribution in [3.05, 3.63) is 35.4 Å². The number of halogens is 2. The van der Waals surface area contributed by atoms with Crippen molar-refractivity contribution in [2.75, 3.05) is 0 Å². The maximum atomic E-state index is 12.5. The highest BCUT2D eigenvalue weighted by atomic mass is 19.3. The van der Waals surface area contributed by atoms with Gasteiger partial charge in [0.15, 0.2) is 0 Å². The highest BCUT2D eigenvalue weighted by molar-refractivity contribution is 5.23. The lowest BCUT2D eigenvalue weighted by atomic mass is 9.97. The van der Waals surface area contributed by atoms with E-state index in [4.69, 9.17) is 0 Å². The van der Waals surface area contributed by atoms with Gasteiger partial charge < -0.3 is 5.32 Å². The van der Waals surface area contributed by atoms with E-state index in [-0.39, 0.29) is 5.56 Å². The Hall–Kier alpha value is -0.960. The fourth-order valence-corrected chi connectivity index (χ4v) is 2.83. The minimum atomic E-state index is -2.37. The van der Waals surface area contributed by atoms with Crippen LogP contribution in [0.15, 0.2) is 24.3 Å². The standard InChI is InChI=1S/C16H23F2N/c1-12-5-3-2-4-6-15(12)19-11-13-7-9-14(10-8-13)16(17)18/h7-10,12,15-16,19H,2-6,11H2,1H3. The maximum absolute atomic E-state index is 12.5. The van der Waals surface area contributed by atoms with Crippen molar-refractivity contribution in [3.63, 3.8) is 0 Å². The molecule has 0 heterocycles. The molecule has 2 atom stereocenters. The molecule has 19 heavy (non-hydrogen) atoms. The van der Waals surface area contributed by atoms with E-state index in [0.29, 0.717) is 12.0 Å². The summed E-state index contributed by atoms with van der Waals surface area (Å²) < 4.78 is 24.9. The number of benzene rings is 1. The zero-order valence-electron chi connectivity index (χ0n) is 11.5. The van der Waals surface area contributed by atoms with Gasteiger partial charge in [0.25, 0.3) is 6.43 Å². The zero-order chi connectivity index (χ0) is 13.7. The van der Waals surface area contributed by atoms with E-state index in [1.165, 1.54) is 44.2 Å². The molecule has 1 aliphatic rings. The van der Waals surface area contributed by atoms with Crippen molar-refractivity contribution >= 4 is 0 Å². The molecule has 3 heteroatoms. The van der Waals surface area contributed by atoms with Gasteiger partial charge in [-0.3, -0.25) is 0 Å². The Balaban J connectivity index is 1.87. The van der Waals surface area contributed by atoms with Crippen molar-refractivity contribution in [3.8, 4) is 0 Å². The van der Waals surface area contributed by atoms with Crippen LogP contribution in [0, 0.1) is 5.92 Å². The van der Waals surface area contributed by atoms with Gasteiger partial charge >= 0.3 is 0 Å². The molecule has 1 aromatic rings. The molecule has 1 aromatic carbocycles. The molecule has 1 aliphatic carbocycles. The number of nitrogens with one attached hydrogen (secondary N) is 1. The molecule has 0 spiro atoms. The smallest absolute Gasteiger partial charge is 0.263 e. The predicted molar refractivity (Wildman–Crippen MR) is 74.3 cm³/mol. The van der Waals surface area contributed by atoms with Crippen LogP contribution in [-0.4, -0.2) is 6.04 Å². The van der Waals surface area contributed by atoms with E-state index < -0.39 is 6.43 Å². The van der Waals surface area contributed by atoms with Gasteiger partial charge in [0, 0.05) is 18.2 Å². The first-order chi connectivity index (χ1) is 9.16. The summed E-state index contributed by atoms with van der Waals surface area (Å²) in [5.41, 5.74) is 1.19. The highest BCUT2D eigenvalue weighted by Crippen LogP contribution is 2.23. The van der Waals surface area contributed by atoms with Gasteiger partial charge in [-0.1, -0.05) is 50.5 Å². The molecular formula is C16H23F2N. The lowest BCUT2D eigenvalue weighted by molar-refractivity contribution is 0.151. The second kappa shape index (κ2) is 6.99. The van der Waals surface area contributed by atoms with Gasteiger partial charge in [0.2, 0.25) is 0 Å². The third-order valence-corrected chi connectivity index (χ3v) is 4.16. The lowest BCUT2D eigenvalue weighted by Crippen LogP contribution is -2.33. The Kier molecular flexibility index (Phi) is 5.32. The second-order valence-corrected chi connectivity index (χ2v) is 5.64. The molecule has 2 rings (SSSR count). The summed E-state index contributed by atoms with van der Waals surface area (Å²) in [4.78, 5) is 0. The maximum Gasteiger partial charge on any atom is 0.263 e. The monoisotopic (exact) mass is 267 g/mol. The van der Waals surface area contributed by atoms with Gasteiger partial charge in [0.1, 0.15) is 0 Å². The summed E-state index contributed by atoms with van der Waals surface area (Å²) >= 11 is 0. The fourth-order valence-electron chi connectivity index (χ4n) is 2.83. The normalized spacial score (nSPS) is 24.4. The molecule has 1 fully saturated rings. The summed E-state index contributed by atoms with van der Waals surface area (Å²) in [7, 11) is 0. The molecule has 1 nitrogen and oxygen atoms in total. The molecule has 0 aromatic heterocycles. The van der Waals surface area contributed by atoms with Crippen LogP contribution in [0.3, 0.4) is 0 Å². The molecule has 0 bridgehead atoms. The minimum absolute atomic E-state index is 0.103. The van der Waals surface area contributed by atoms with Crippen LogP contribution < -0.4 is 5.32 Å². The summed E-state index contributed by atoms with van der Waals surface area (Å²) in [5.74, 6) is 0.711. The van der Waals surface area contributed by atoms with E-state index >= 15 is 0 Å². The first-order valence-corrected chi connectivity index (χ1v) is 7.27. The van der Waals surface area contributed by atoms with Crippen LogP contribution in [0.5, 0.6) is 0 Å². The molecule has 1 N–H and O–H groups in total. The first-order valence-electron chi connectivity index (χ1n) is 7.27. The molecule has 106 valence electrons. The summed E-state index contributed by atoms with van der Waals surface area (Å²) in [5, 5.41) is 3.59. The van der Waals surface area contributed by atoms with Gasteiger partial charge in [-0.2, -0.15) is 0 Å². The van der Waals surface area contributed by atoms with Crippen molar-refractivity contribution in [2.24, 2.45) is 5.92 Å². The number of rotatable bonds is 4. The van der Waals surface area contributed by atoms with Gasteiger partial charge in [-0.05, 0) is 24.3 Å². The van der Waals surface area contributed by atoms with Crippen LogP contribution in [0.2, 0.25) is 0 Å². The van der Waals surface area contributed by atoms with E-state index in [9.17, 15) is 8.78 Å². The quantitative estimate of drug-likeness (QED) is 0.781. The van der Waals surface area contributed by atoms with Crippen LogP contribution in [-0.2, 0) is 6.54 Å². The van der Waals surface area contributed by atoms with Crippen molar-refractivity contribution < 1.29 is 8.78 Å². The Morgan fingerprint density at radius 3 is 2.47 bits per heavy atom. The Labute approximate surface area is 114 Å². The predicted octanol–water partition coefficient (Wildman–Crippen LogP) is 4.68. The molecule has 0 amide bonds. The van der Waals surface area contributed by atoms with Gasteiger partial charge in [-0.25, -0.2) is 8.78 Å². The van der Waals surface area contributed by atoms with E-state index in [1.54, 1.807) is 12.1 Å². The van der Waals surface area contributed by atoms with Crippen LogP contribution >= 0.6 is 0 Å². The third-order valence-electron chi connectivity index (χ3n) is 4.16. The molecule has 0 radical (unpaired) electrons. The molecule has 1 saturated carbocycles. The van der Waals surface area contributed by atoms with Crippen molar-refractivity contribution in [1.82, 2.24) is 5.32 Å². The molecule has 2 unspecified atom stereocenters. The second-order valence-electron chi connectivity index (χ2n) is 5.64. The SMILES string of the molecule is CC1CCCCCC1NCc1ccc(C(F)F)cc1. The lowest BCUT2D eigenvalue weighted by Gasteiger charge is -2.23. The molecule has 0 aliphatic heterocycles. The number of hydrogen-bond acceptors (Lipinski definition) is 1. The molecular weight excluding hydrogens is 244 g/mol. The van der Waals surface area contributed by atoms with Gasteiger partial charge in [-0.15, -0.1) is 0 Å². The van der Waals surface area contributed by atoms with Gasteiger partial charge in [0.05, 0.1) is 0 Å². The Bertz CT molecular complexity index is 375. The van der Waals surface area contributed by atoms with E-state index in [1.807, 2.05) is 0 Å². The van der Waals surface area contributed by atoms with Crippen LogP contribution in [0.4, 0.5) is 8.78 Å². The van der Waals surface area contributed by atoms with Crippen molar-refractivity contribution in [1.29, 1.82) is 0 Å². The average Bonchev–Trinajstić information content (AvgIpc) is 2.61. The molecule has 0 saturated heterocycles. The topological polar surface area (TPSA) is 12.0 Å².